The molecule has 128 valence electrons. The first-order chi connectivity index (χ1) is 11.6. The van der Waals surface area contributed by atoms with Crippen molar-refractivity contribution < 1.29 is 14.3 Å². The number of hydrogen-bond acceptors (Lipinski definition) is 4. The second-order valence-corrected chi connectivity index (χ2v) is 5.49. The Bertz CT molecular complexity index is 686. The molecule has 1 amide bonds. The van der Waals surface area contributed by atoms with Crippen LogP contribution in [0.2, 0.25) is 0 Å². The van der Waals surface area contributed by atoms with Gasteiger partial charge < -0.3 is 20.1 Å². The summed E-state index contributed by atoms with van der Waals surface area (Å²) in [4.78, 5) is 12.2. The molecule has 2 N–H and O–H groups in total. The maximum absolute atomic E-state index is 12.2. The van der Waals surface area contributed by atoms with Crippen molar-refractivity contribution in [3.05, 3.63) is 59.2 Å². The Kier molecular flexibility index (Phi) is 6.63. The number of benzene rings is 2. The zero-order valence-electron chi connectivity index (χ0n) is 14.4. The summed E-state index contributed by atoms with van der Waals surface area (Å²) < 4.78 is 10.4. The number of rotatable bonds is 8. The van der Waals surface area contributed by atoms with Crippen molar-refractivity contribution in [2.24, 2.45) is 0 Å². The van der Waals surface area contributed by atoms with E-state index >= 15 is 0 Å². The fourth-order valence-corrected chi connectivity index (χ4v) is 2.40. The Hall–Kier alpha value is -2.53. The topological polar surface area (TPSA) is 59.6 Å². The fraction of sp³-hybridized carbons (Fsp3) is 0.316. The number of carbonyl (C=O) groups is 1. The summed E-state index contributed by atoms with van der Waals surface area (Å²) in [7, 11) is 3.12. The van der Waals surface area contributed by atoms with E-state index in [1.165, 1.54) is 11.1 Å². The van der Waals surface area contributed by atoms with E-state index < -0.39 is 0 Å². The van der Waals surface area contributed by atoms with Gasteiger partial charge in [-0.15, -0.1) is 0 Å². The van der Waals surface area contributed by atoms with Crippen LogP contribution in [0, 0.1) is 6.92 Å². The van der Waals surface area contributed by atoms with Crippen molar-refractivity contribution in [1.82, 2.24) is 10.6 Å². The highest BCUT2D eigenvalue weighted by molar-refractivity contribution is 5.94. The third-order valence-corrected chi connectivity index (χ3v) is 3.64. The van der Waals surface area contributed by atoms with Gasteiger partial charge in [-0.25, -0.2) is 0 Å². The van der Waals surface area contributed by atoms with Gasteiger partial charge in [-0.3, -0.25) is 4.79 Å². The number of nitrogens with one attached hydrogen (secondary N) is 2. The summed E-state index contributed by atoms with van der Waals surface area (Å²) >= 11 is 0. The van der Waals surface area contributed by atoms with E-state index in [1.807, 2.05) is 6.07 Å². The molecule has 0 heterocycles. The molecule has 2 rings (SSSR count). The molecule has 0 unspecified atom stereocenters. The van der Waals surface area contributed by atoms with Crippen LogP contribution in [0.5, 0.6) is 11.5 Å². The number of aryl methyl sites for hydroxylation is 1. The van der Waals surface area contributed by atoms with Gasteiger partial charge in [0.1, 0.15) is 0 Å². The van der Waals surface area contributed by atoms with Crippen LogP contribution in [0.25, 0.3) is 0 Å². The first-order valence-electron chi connectivity index (χ1n) is 7.90. The molecule has 0 spiro atoms. The van der Waals surface area contributed by atoms with E-state index in [2.05, 4.69) is 35.8 Å². The predicted octanol–water partition coefficient (Wildman–Crippen LogP) is 2.53. The smallest absolute Gasteiger partial charge is 0.251 e. The minimum atomic E-state index is -0.131. The van der Waals surface area contributed by atoms with Crippen molar-refractivity contribution in [2.75, 3.05) is 27.3 Å². The molecule has 0 atom stereocenters. The van der Waals surface area contributed by atoms with Crippen LogP contribution < -0.4 is 20.1 Å². The largest absolute Gasteiger partial charge is 0.493 e. The number of amides is 1. The SMILES string of the molecule is COc1ccc(C(=O)NCCNCc2cccc(C)c2)cc1OC. The Balaban J connectivity index is 1.77. The Morgan fingerprint density at radius 3 is 2.50 bits per heavy atom. The molecule has 5 nitrogen and oxygen atoms in total. The molecule has 5 heteroatoms. The van der Waals surface area contributed by atoms with E-state index in [0.29, 0.717) is 30.2 Å². The van der Waals surface area contributed by atoms with Crippen molar-refractivity contribution in [1.29, 1.82) is 0 Å². The van der Waals surface area contributed by atoms with Crippen LogP contribution in [0.3, 0.4) is 0 Å². The number of carbonyl (C=O) groups excluding carboxylic acids is 1. The molecule has 0 radical (unpaired) electrons. The standard InChI is InChI=1S/C19H24N2O3/c1-14-5-4-6-15(11-14)13-20-9-10-21-19(22)16-7-8-17(23-2)18(12-16)24-3/h4-8,11-12,20H,9-10,13H2,1-3H3,(H,21,22). The molecular weight excluding hydrogens is 304 g/mol. The summed E-state index contributed by atoms with van der Waals surface area (Å²) in [6.45, 7) is 4.12. The van der Waals surface area contributed by atoms with E-state index in [1.54, 1.807) is 32.4 Å². The predicted molar refractivity (Wildman–Crippen MR) is 94.8 cm³/mol. The maximum Gasteiger partial charge on any atom is 0.251 e. The summed E-state index contributed by atoms with van der Waals surface area (Å²) in [6.07, 6.45) is 0. The lowest BCUT2D eigenvalue weighted by Gasteiger charge is -2.10. The van der Waals surface area contributed by atoms with Crippen LogP contribution in [0.4, 0.5) is 0 Å². The summed E-state index contributed by atoms with van der Waals surface area (Å²) in [5.41, 5.74) is 3.03. The second-order valence-electron chi connectivity index (χ2n) is 5.49. The van der Waals surface area contributed by atoms with Gasteiger partial charge in [-0.05, 0) is 30.7 Å². The first-order valence-corrected chi connectivity index (χ1v) is 7.90. The zero-order chi connectivity index (χ0) is 17.4. The third kappa shape index (κ3) is 4.99. The average molecular weight is 328 g/mol. The van der Waals surface area contributed by atoms with Gasteiger partial charge in [0.25, 0.3) is 5.91 Å². The molecular formula is C19H24N2O3. The summed E-state index contributed by atoms with van der Waals surface area (Å²) in [6, 6.07) is 13.5. The second kappa shape index (κ2) is 8.93. The number of hydrogen-bond donors (Lipinski definition) is 2. The van der Waals surface area contributed by atoms with Gasteiger partial charge in [0, 0.05) is 25.2 Å². The van der Waals surface area contributed by atoms with E-state index in [-0.39, 0.29) is 5.91 Å². The van der Waals surface area contributed by atoms with Gasteiger partial charge in [0.05, 0.1) is 14.2 Å². The molecule has 0 fully saturated rings. The molecule has 0 aliphatic carbocycles. The van der Waals surface area contributed by atoms with Gasteiger partial charge in [-0.2, -0.15) is 0 Å². The maximum atomic E-state index is 12.2. The van der Waals surface area contributed by atoms with Gasteiger partial charge in [0.15, 0.2) is 11.5 Å². The highest BCUT2D eigenvalue weighted by Crippen LogP contribution is 2.27. The highest BCUT2D eigenvalue weighted by atomic mass is 16.5. The lowest BCUT2D eigenvalue weighted by atomic mass is 10.1. The molecule has 24 heavy (non-hydrogen) atoms. The molecule has 0 aliphatic heterocycles. The quantitative estimate of drug-likeness (QED) is 0.731. The minimum absolute atomic E-state index is 0.131. The summed E-state index contributed by atoms with van der Waals surface area (Å²) in [5, 5.41) is 6.20. The third-order valence-electron chi connectivity index (χ3n) is 3.64. The molecule has 0 saturated heterocycles. The van der Waals surface area contributed by atoms with Gasteiger partial charge in [0.2, 0.25) is 0 Å². The Morgan fingerprint density at radius 1 is 1.00 bits per heavy atom. The fourth-order valence-electron chi connectivity index (χ4n) is 2.40. The molecule has 2 aromatic rings. The monoisotopic (exact) mass is 328 g/mol. The van der Waals surface area contributed by atoms with Crippen molar-refractivity contribution in [3.8, 4) is 11.5 Å². The van der Waals surface area contributed by atoms with Crippen LogP contribution in [-0.4, -0.2) is 33.2 Å². The molecule has 0 bridgehead atoms. The molecule has 0 aliphatic rings. The van der Waals surface area contributed by atoms with Crippen LogP contribution >= 0.6 is 0 Å². The lowest BCUT2D eigenvalue weighted by Crippen LogP contribution is -2.31. The first kappa shape index (κ1) is 17.8. The number of ether oxygens (including phenoxy) is 2. The zero-order valence-corrected chi connectivity index (χ0v) is 14.4. The Morgan fingerprint density at radius 2 is 1.79 bits per heavy atom. The Labute approximate surface area is 143 Å². The lowest BCUT2D eigenvalue weighted by molar-refractivity contribution is 0.0953. The normalized spacial score (nSPS) is 10.3. The minimum Gasteiger partial charge on any atom is -0.493 e. The van der Waals surface area contributed by atoms with E-state index in [0.717, 1.165) is 6.54 Å². The van der Waals surface area contributed by atoms with Crippen LogP contribution in [0.15, 0.2) is 42.5 Å². The molecule has 0 aromatic heterocycles. The van der Waals surface area contributed by atoms with Gasteiger partial charge in [-0.1, -0.05) is 29.8 Å². The van der Waals surface area contributed by atoms with E-state index in [4.69, 9.17) is 9.47 Å². The van der Waals surface area contributed by atoms with Crippen LogP contribution in [-0.2, 0) is 6.54 Å². The van der Waals surface area contributed by atoms with Crippen molar-refractivity contribution in [2.45, 2.75) is 13.5 Å². The molecule has 0 saturated carbocycles. The summed E-state index contributed by atoms with van der Waals surface area (Å²) in [5.74, 6) is 1.02. The highest BCUT2D eigenvalue weighted by Gasteiger charge is 2.10. The van der Waals surface area contributed by atoms with Crippen molar-refractivity contribution in [3.63, 3.8) is 0 Å². The van der Waals surface area contributed by atoms with Crippen molar-refractivity contribution >= 4 is 5.91 Å². The average Bonchev–Trinajstić information content (AvgIpc) is 2.60. The number of methoxy groups -OCH3 is 2. The van der Waals surface area contributed by atoms with E-state index in [9.17, 15) is 4.79 Å². The molecule has 2 aromatic carbocycles. The van der Waals surface area contributed by atoms with Gasteiger partial charge >= 0.3 is 0 Å². The van der Waals surface area contributed by atoms with Crippen LogP contribution in [0.1, 0.15) is 21.5 Å².